The lowest BCUT2D eigenvalue weighted by atomic mass is 10.0. The van der Waals surface area contributed by atoms with Gasteiger partial charge >= 0.3 is 0 Å². The number of rotatable bonds is 2. The Morgan fingerprint density at radius 2 is 1.84 bits per heavy atom. The topological polar surface area (TPSA) is 111 Å². The molecular formula is C12H12N2O4S. The van der Waals surface area contributed by atoms with E-state index < -0.39 is 26.5 Å². The van der Waals surface area contributed by atoms with Gasteiger partial charge in [-0.05, 0) is 30.9 Å². The molecule has 2 rings (SSSR count). The summed E-state index contributed by atoms with van der Waals surface area (Å²) in [5, 5.41) is 14.0. The minimum atomic E-state index is -4.56. The fourth-order valence-electron chi connectivity index (χ4n) is 2.19. The highest BCUT2D eigenvalue weighted by atomic mass is 32.2. The number of benzene rings is 2. The molecule has 100 valence electrons. The maximum atomic E-state index is 11.3. The van der Waals surface area contributed by atoms with Crippen molar-refractivity contribution in [3.05, 3.63) is 29.3 Å². The van der Waals surface area contributed by atoms with E-state index in [-0.39, 0.29) is 0 Å². The van der Waals surface area contributed by atoms with Gasteiger partial charge in [-0.2, -0.15) is 13.5 Å². The largest absolute Gasteiger partial charge is 0.505 e. The van der Waals surface area contributed by atoms with E-state index in [1.54, 1.807) is 13.0 Å². The Morgan fingerprint density at radius 1 is 1.21 bits per heavy atom. The zero-order valence-electron chi connectivity index (χ0n) is 10.3. The van der Waals surface area contributed by atoms with Gasteiger partial charge in [-0.1, -0.05) is 17.7 Å². The molecule has 0 aromatic heterocycles. The molecule has 19 heavy (non-hydrogen) atoms. The van der Waals surface area contributed by atoms with Crippen LogP contribution in [0.15, 0.2) is 28.2 Å². The second kappa shape index (κ2) is 4.29. The Labute approximate surface area is 110 Å². The van der Waals surface area contributed by atoms with Crippen molar-refractivity contribution < 1.29 is 18.1 Å². The first-order chi connectivity index (χ1) is 8.75. The lowest BCUT2D eigenvalue weighted by Crippen LogP contribution is -1.99. The summed E-state index contributed by atoms with van der Waals surface area (Å²) in [6.07, 6.45) is 0. The smallest absolute Gasteiger partial charge is 0.296 e. The van der Waals surface area contributed by atoms with Gasteiger partial charge in [-0.3, -0.25) is 4.55 Å². The molecule has 0 atom stereocenters. The van der Waals surface area contributed by atoms with Gasteiger partial charge in [0.15, 0.2) is 5.75 Å². The maximum absolute atomic E-state index is 11.3. The van der Waals surface area contributed by atoms with E-state index in [0.717, 1.165) is 11.1 Å². The SMILES string of the molecule is Cc1cc(C)c2c(O)c(N=N)c(S(=O)(=O)O)cc2c1. The number of aromatic hydroxyl groups is 1. The molecule has 3 N–H and O–H groups in total. The van der Waals surface area contributed by atoms with Crippen molar-refractivity contribution in [3.8, 4) is 5.75 Å². The lowest BCUT2D eigenvalue weighted by Gasteiger charge is -2.11. The Bertz CT molecular complexity index is 797. The van der Waals surface area contributed by atoms with E-state index in [0.29, 0.717) is 10.8 Å². The van der Waals surface area contributed by atoms with Crippen LogP contribution in [-0.4, -0.2) is 18.1 Å². The maximum Gasteiger partial charge on any atom is 0.296 e. The Hall–Kier alpha value is -1.99. The zero-order chi connectivity index (χ0) is 14.4. The Morgan fingerprint density at radius 3 is 2.37 bits per heavy atom. The number of hydrogen-bond donors (Lipinski definition) is 3. The highest BCUT2D eigenvalue weighted by Crippen LogP contribution is 2.41. The van der Waals surface area contributed by atoms with Crippen LogP contribution in [0.2, 0.25) is 0 Å². The summed E-state index contributed by atoms with van der Waals surface area (Å²) in [5.74, 6) is -0.419. The van der Waals surface area contributed by atoms with Crippen molar-refractivity contribution in [2.45, 2.75) is 18.7 Å². The van der Waals surface area contributed by atoms with Gasteiger partial charge in [0.05, 0.1) is 0 Å². The fraction of sp³-hybridized carbons (Fsp3) is 0.167. The van der Waals surface area contributed by atoms with Crippen molar-refractivity contribution in [1.82, 2.24) is 0 Å². The van der Waals surface area contributed by atoms with Gasteiger partial charge in [0.1, 0.15) is 10.6 Å². The number of phenolic OH excluding ortho intramolecular Hbond substituents is 1. The molecule has 0 aliphatic carbocycles. The molecule has 0 bridgehead atoms. The molecule has 0 aliphatic heterocycles. The normalized spacial score (nSPS) is 11.7. The van der Waals surface area contributed by atoms with E-state index in [1.807, 2.05) is 13.0 Å². The van der Waals surface area contributed by atoms with E-state index in [2.05, 4.69) is 5.11 Å². The zero-order valence-corrected chi connectivity index (χ0v) is 11.1. The highest BCUT2D eigenvalue weighted by Gasteiger charge is 2.22. The van der Waals surface area contributed by atoms with Crippen LogP contribution in [0, 0.1) is 19.4 Å². The first kappa shape index (κ1) is 13.4. The minimum absolute atomic E-state index is 0.419. The van der Waals surface area contributed by atoms with Crippen molar-refractivity contribution >= 4 is 26.6 Å². The third kappa shape index (κ3) is 2.18. The third-order valence-corrected chi connectivity index (χ3v) is 3.75. The third-order valence-electron chi connectivity index (χ3n) is 2.88. The molecule has 7 heteroatoms. The van der Waals surface area contributed by atoms with Gasteiger partial charge in [0.25, 0.3) is 10.1 Å². The molecule has 0 saturated carbocycles. The quantitative estimate of drug-likeness (QED) is 0.579. The minimum Gasteiger partial charge on any atom is -0.505 e. The Balaban J connectivity index is 3.07. The highest BCUT2D eigenvalue weighted by molar-refractivity contribution is 7.86. The van der Waals surface area contributed by atoms with Crippen LogP contribution in [-0.2, 0) is 10.1 Å². The average Bonchev–Trinajstić information content (AvgIpc) is 2.26. The molecule has 2 aromatic carbocycles. The van der Waals surface area contributed by atoms with E-state index in [1.165, 1.54) is 6.07 Å². The van der Waals surface area contributed by atoms with Crippen LogP contribution < -0.4 is 0 Å². The summed E-state index contributed by atoms with van der Waals surface area (Å²) in [4.78, 5) is -0.572. The number of nitrogens with zero attached hydrogens (tertiary/aromatic N) is 1. The lowest BCUT2D eigenvalue weighted by molar-refractivity contribution is 0.471. The molecule has 0 heterocycles. The van der Waals surface area contributed by atoms with Crippen LogP contribution >= 0.6 is 0 Å². The summed E-state index contributed by atoms with van der Waals surface area (Å²) in [6, 6.07) is 4.71. The number of phenols is 1. The average molecular weight is 280 g/mol. The van der Waals surface area contributed by atoms with Crippen LogP contribution in [0.5, 0.6) is 5.75 Å². The fourth-order valence-corrected chi connectivity index (χ4v) is 2.85. The van der Waals surface area contributed by atoms with Gasteiger partial charge in [-0.25, -0.2) is 5.53 Å². The van der Waals surface area contributed by atoms with E-state index in [4.69, 9.17) is 10.1 Å². The summed E-state index contributed by atoms with van der Waals surface area (Å²) in [7, 11) is -4.56. The Kier molecular flexibility index (Phi) is 3.03. The summed E-state index contributed by atoms with van der Waals surface area (Å²) in [5.41, 5.74) is 8.15. The summed E-state index contributed by atoms with van der Waals surface area (Å²) >= 11 is 0. The van der Waals surface area contributed by atoms with Crippen molar-refractivity contribution in [3.63, 3.8) is 0 Å². The molecule has 2 aromatic rings. The molecule has 0 amide bonds. The van der Waals surface area contributed by atoms with Crippen LogP contribution in [0.25, 0.3) is 10.8 Å². The number of nitrogens with one attached hydrogen (secondary N) is 1. The van der Waals surface area contributed by atoms with E-state index in [9.17, 15) is 13.5 Å². The molecule has 0 saturated heterocycles. The van der Waals surface area contributed by atoms with Crippen molar-refractivity contribution in [1.29, 1.82) is 5.53 Å². The molecule has 0 fully saturated rings. The van der Waals surface area contributed by atoms with Crippen molar-refractivity contribution in [2.75, 3.05) is 0 Å². The second-order valence-electron chi connectivity index (χ2n) is 4.34. The standard InChI is InChI=1S/C12H12N2O4S/c1-6-3-7(2)10-8(4-6)5-9(19(16,17)18)11(14-13)12(10)15/h3-5,13,15H,1-2H3,(H,16,17,18). The van der Waals surface area contributed by atoms with Gasteiger partial charge in [0.2, 0.25) is 0 Å². The molecule has 0 unspecified atom stereocenters. The number of hydrogen-bond acceptors (Lipinski definition) is 5. The summed E-state index contributed by atoms with van der Waals surface area (Å²) in [6.45, 7) is 3.59. The first-order valence-electron chi connectivity index (χ1n) is 5.37. The van der Waals surface area contributed by atoms with Gasteiger partial charge in [-0.15, -0.1) is 0 Å². The molecule has 6 nitrogen and oxygen atoms in total. The van der Waals surface area contributed by atoms with Gasteiger partial charge in [0, 0.05) is 5.39 Å². The first-order valence-corrected chi connectivity index (χ1v) is 6.81. The number of aryl methyl sites for hydroxylation is 2. The van der Waals surface area contributed by atoms with Crippen LogP contribution in [0.4, 0.5) is 5.69 Å². The molecule has 0 spiro atoms. The molecule has 0 radical (unpaired) electrons. The second-order valence-corrected chi connectivity index (χ2v) is 5.73. The van der Waals surface area contributed by atoms with Crippen LogP contribution in [0.1, 0.15) is 11.1 Å². The van der Waals surface area contributed by atoms with Crippen LogP contribution in [0.3, 0.4) is 0 Å². The predicted molar refractivity (Wildman–Crippen MR) is 69.7 cm³/mol. The molecular weight excluding hydrogens is 268 g/mol. The predicted octanol–water partition coefficient (Wildman–Crippen LogP) is 3.07. The van der Waals surface area contributed by atoms with Gasteiger partial charge < -0.3 is 5.11 Å². The van der Waals surface area contributed by atoms with E-state index >= 15 is 0 Å². The summed E-state index contributed by atoms with van der Waals surface area (Å²) < 4.78 is 31.7. The number of fused-ring (bicyclic) bond motifs is 1. The monoisotopic (exact) mass is 280 g/mol. The van der Waals surface area contributed by atoms with Crippen molar-refractivity contribution in [2.24, 2.45) is 5.11 Å². The molecule has 0 aliphatic rings.